The molecule has 2 aliphatic rings. The zero-order valence-electron chi connectivity index (χ0n) is 13.3. The number of hydrogen-bond donors (Lipinski definition) is 1. The van der Waals surface area contributed by atoms with E-state index in [-0.39, 0.29) is 10.9 Å². The minimum absolute atomic E-state index is 0.0121. The number of hydrogen-bond acceptors (Lipinski definition) is 2. The van der Waals surface area contributed by atoms with Crippen molar-refractivity contribution in [3.05, 3.63) is 64.7 Å². The first-order valence-electron chi connectivity index (χ1n) is 8.37. The van der Waals surface area contributed by atoms with Crippen LogP contribution in [0.15, 0.2) is 53.4 Å². The smallest absolute Gasteiger partial charge is 0.207 e. The van der Waals surface area contributed by atoms with Crippen LogP contribution in [0.4, 0.5) is 0 Å². The highest BCUT2D eigenvalue weighted by molar-refractivity contribution is 7.89. The first kappa shape index (κ1) is 16.1. The van der Waals surface area contributed by atoms with Crippen LogP contribution in [0.25, 0.3) is 0 Å². The molecule has 0 aromatic heterocycles. The lowest BCUT2D eigenvalue weighted by Gasteiger charge is -2.23. The summed E-state index contributed by atoms with van der Waals surface area (Å²) in [4.78, 5) is 0.285. The largest absolute Gasteiger partial charge is 0.240 e. The molecule has 1 fully saturated rings. The van der Waals surface area contributed by atoms with Crippen LogP contribution >= 0.6 is 11.6 Å². The summed E-state index contributed by atoms with van der Waals surface area (Å²) in [6.07, 6.45) is 4.10. The second kappa shape index (κ2) is 6.17. The van der Waals surface area contributed by atoms with Gasteiger partial charge in [-0.15, -0.1) is 0 Å². The molecular weight excluding hydrogens is 342 g/mol. The number of sulfonamides is 1. The normalized spacial score (nSPS) is 26.0. The monoisotopic (exact) mass is 361 g/mol. The first-order valence-corrected chi connectivity index (χ1v) is 10.2. The summed E-state index contributed by atoms with van der Waals surface area (Å²) in [7, 11) is -3.51. The molecule has 2 aromatic carbocycles. The highest BCUT2D eigenvalue weighted by atomic mass is 35.5. The summed E-state index contributed by atoms with van der Waals surface area (Å²) < 4.78 is 28.5. The van der Waals surface area contributed by atoms with E-state index >= 15 is 0 Å². The van der Waals surface area contributed by atoms with Gasteiger partial charge in [0.1, 0.15) is 0 Å². The van der Waals surface area contributed by atoms with Gasteiger partial charge in [-0.1, -0.05) is 35.9 Å². The summed E-state index contributed by atoms with van der Waals surface area (Å²) in [5.74, 6) is 0.751. The van der Waals surface area contributed by atoms with E-state index in [0.717, 1.165) is 25.7 Å². The molecule has 2 atom stereocenters. The van der Waals surface area contributed by atoms with Crippen LogP contribution in [0.5, 0.6) is 0 Å². The summed E-state index contributed by atoms with van der Waals surface area (Å²) in [6.45, 7) is 0. The van der Waals surface area contributed by atoms with Gasteiger partial charge < -0.3 is 0 Å². The lowest BCUT2D eigenvalue weighted by molar-refractivity contribution is 0.386. The molecule has 2 aromatic rings. The second-order valence-electron chi connectivity index (χ2n) is 6.88. The van der Waals surface area contributed by atoms with Crippen LogP contribution in [0.2, 0.25) is 5.02 Å². The first-order chi connectivity index (χ1) is 11.5. The maximum Gasteiger partial charge on any atom is 0.240 e. The van der Waals surface area contributed by atoms with Crippen LogP contribution in [0.1, 0.15) is 24.0 Å². The minimum atomic E-state index is -3.51. The van der Waals surface area contributed by atoms with Crippen LogP contribution in [0.3, 0.4) is 0 Å². The van der Waals surface area contributed by atoms with Crippen molar-refractivity contribution in [2.24, 2.45) is 11.8 Å². The third-order valence-corrected chi connectivity index (χ3v) is 7.15. The van der Waals surface area contributed by atoms with E-state index in [9.17, 15) is 8.42 Å². The van der Waals surface area contributed by atoms with Gasteiger partial charge in [-0.3, -0.25) is 0 Å². The van der Waals surface area contributed by atoms with Crippen LogP contribution in [-0.2, 0) is 22.9 Å². The van der Waals surface area contributed by atoms with Gasteiger partial charge >= 0.3 is 0 Å². The third kappa shape index (κ3) is 2.99. The highest BCUT2D eigenvalue weighted by Crippen LogP contribution is 2.40. The lowest BCUT2D eigenvalue weighted by Crippen LogP contribution is -2.41. The van der Waals surface area contributed by atoms with Crippen LogP contribution in [0, 0.1) is 11.8 Å². The molecule has 2 aliphatic carbocycles. The van der Waals surface area contributed by atoms with Crippen molar-refractivity contribution in [1.82, 2.24) is 4.72 Å². The standard InChI is InChI=1S/C19H20ClNO2S/c20-17-7-9-18(10-8-17)24(22,23)21-19-15-5-6-16(19)12-14-4-2-1-3-13(14)11-15/h1-4,7-10,15-16,19,21H,5-6,11-12H2. The van der Waals surface area contributed by atoms with Crippen molar-refractivity contribution in [3.63, 3.8) is 0 Å². The van der Waals surface area contributed by atoms with Crippen molar-refractivity contribution in [2.75, 3.05) is 0 Å². The predicted octanol–water partition coefficient (Wildman–Crippen LogP) is 3.81. The molecule has 0 heterocycles. The van der Waals surface area contributed by atoms with Crippen molar-refractivity contribution in [3.8, 4) is 0 Å². The fourth-order valence-corrected chi connectivity index (χ4v) is 5.70. The summed E-state index contributed by atoms with van der Waals surface area (Å²) >= 11 is 5.87. The van der Waals surface area contributed by atoms with Gasteiger partial charge in [-0.25, -0.2) is 13.1 Å². The summed E-state index contributed by atoms with van der Waals surface area (Å²) in [5.41, 5.74) is 2.75. The average Bonchev–Trinajstić information content (AvgIpc) is 2.82. The highest BCUT2D eigenvalue weighted by Gasteiger charge is 2.41. The molecule has 1 N–H and O–H groups in total. The molecule has 0 spiro atoms. The molecule has 0 saturated heterocycles. The Morgan fingerprint density at radius 3 is 1.96 bits per heavy atom. The van der Waals surface area contributed by atoms with Gasteiger partial charge in [0.15, 0.2) is 0 Å². The molecule has 2 unspecified atom stereocenters. The molecule has 0 amide bonds. The van der Waals surface area contributed by atoms with Gasteiger partial charge in [-0.05, 0) is 72.9 Å². The molecule has 0 radical (unpaired) electrons. The lowest BCUT2D eigenvalue weighted by atomic mass is 9.94. The summed E-state index contributed by atoms with van der Waals surface area (Å²) in [5, 5.41) is 0.541. The maximum absolute atomic E-state index is 12.8. The molecule has 4 rings (SSSR count). The Hall–Kier alpha value is -1.36. The van der Waals surface area contributed by atoms with Gasteiger partial charge in [-0.2, -0.15) is 0 Å². The Kier molecular flexibility index (Phi) is 4.15. The summed E-state index contributed by atoms with van der Waals surface area (Å²) in [6, 6.07) is 14.9. The Balaban J connectivity index is 1.60. The Morgan fingerprint density at radius 2 is 1.42 bits per heavy atom. The van der Waals surface area contributed by atoms with Gasteiger partial charge in [0.05, 0.1) is 4.90 Å². The van der Waals surface area contributed by atoms with E-state index in [0.29, 0.717) is 16.9 Å². The molecule has 126 valence electrons. The van der Waals surface area contributed by atoms with Crippen LogP contribution in [-0.4, -0.2) is 14.5 Å². The van der Waals surface area contributed by atoms with E-state index in [1.165, 1.54) is 11.1 Å². The Labute approximate surface area is 148 Å². The van der Waals surface area contributed by atoms with Crippen molar-refractivity contribution in [2.45, 2.75) is 36.6 Å². The van der Waals surface area contributed by atoms with E-state index < -0.39 is 10.0 Å². The SMILES string of the molecule is O=S(=O)(NC1C2CCC1Cc1ccccc1C2)c1ccc(Cl)cc1. The van der Waals surface area contributed by atoms with E-state index in [4.69, 9.17) is 11.6 Å². The van der Waals surface area contributed by atoms with Crippen molar-refractivity contribution >= 4 is 21.6 Å². The molecule has 1 saturated carbocycles. The number of rotatable bonds is 3. The number of fused-ring (bicyclic) bond motifs is 3. The van der Waals surface area contributed by atoms with Crippen molar-refractivity contribution < 1.29 is 8.42 Å². The number of halogens is 1. The molecular formula is C19H20ClNO2S. The Bertz CT molecular complexity index is 815. The molecule has 24 heavy (non-hydrogen) atoms. The average molecular weight is 362 g/mol. The van der Waals surface area contributed by atoms with Gasteiger partial charge in [0.2, 0.25) is 10.0 Å². The maximum atomic E-state index is 12.8. The fourth-order valence-electron chi connectivity index (χ4n) is 4.20. The van der Waals surface area contributed by atoms with E-state index in [1.54, 1.807) is 24.3 Å². The van der Waals surface area contributed by atoms with Gasteiger partial charge in [0, 0.05) is 11.1 Å². The molecule has 0 aliphatic heterocycles. The zero-order valence-corrected chi connectivity index (χ0v) is 14.9. The fraction of sp³-hybridized carbons (Fsp3) is 0.368. The van der Waals surface area contributed by atoms with Gasteiger partial charge in [0.25, 0.3) is 0 Å². The second-order valence-corrected chi connectivity index (χ2v) is 9.03. The number of benzene rings is 2. The molecule has 3 nitrogen and oxygen atoms in total. The third-order valence-electron chi connectivity index (χ3n) is 5.42. The number of nitrogens with one attached hydrogen (secondary N) is 1. The quantitative estimate of drug-likeness (QED) is 0.903. The zero-order chi connectivity index (χ0) is 16.7. The molecule has 5 heteroatoms. The van der Waals surface area contributed by atoms with Crippen LogP contribution < -0.4 is 4.72 Å². The van der Waals surface area contributed by atoms with E-state index in [1.807, 2.05) is 0 Å². The minimum Gasteiger partial charge on any atom is -0.207 e. The Morgan fingerprint density at radius 1 is 0.875 bits per heavy atom. The molecule has 2 bridgehead atoms. The predicted molar refractivity (Wildman–Crippen MR) is 95.6 cm³/mol. The van der Waals surface area contributed by atoms with E-state index in [2.05, 4.69) is 29.0 Å². The van der Waals surface area contributed by atoms with Crippen molar-refractivity contribution in [1.29, 1.82) is 0 Å². The topological polar surface area (TPSA) is 46.2 Å².